The van der Waals surface area contributed by atoms with E-state index in [1.807, 2.05) is 12.1 Å². The van der Waals surface area contributed by atoms with Gasteiger partial charge in [0, 0.05) is 12.1 Å². The standard InChI is InChI=1S/C12H14N2O/c1-2-3-8-14-12(15)11-6-4-10(9-13)5-7-11/h4-7H,8-9,13H2,1H3,(H,14,15). The average molecular weight is 202 g/mol. The Labute approximate surface area is 89.7 Å². The fraction of sp³-hybridized carbons (Fsp3) is 0.250. The molecule has 78 valence electrons. The van der Waals surface area contributed by atoms with Gasteiger partial charge in [0.2, 0.25) is 0 Å². The van der Waals surface area contributed by atoms with Crippen LogP contribution >= 0.6 is 0 Å². The monoisotopic (exact) mass is 202 g/mol. The highest BCUT2D eigenvalue weighted by Gasteiger charge is 2.02. The van der Waals surface area contributed by atoms with Crippen molar-refractivity contribution >= 4 is 5.91 Å². The maximum atomic E-state index is 11.5. The normalized spacial score (nSPS) is 8.93. The second-order valence-corrected chi connectivity index (χ2v) is 3.01. The van der Waals surface area contributed by atoms with Crippen LogP contribution < -0.4 is 11.1 Å². The van der Waals surface area contributed by atoms with Gasteiger partial charge in [0.1, 0.15) is 0 Å². The topological polar surface area (TPSA) is 55.1 Å². The summed E-state index contributed by atoms with van der Waals surface area (Å²) in [6.45, 7) is 2.61. The van der Waals surface area contributed by atoms with Crippen LogP contribution in [0.1, 0.15) is 22.8 Å². The minimum absolute atomic E-state index is 0.110. The Bertz CT molecular complexity index is 384. The van der Waals surface area contributed by atoms with Crippen LogP contribution in [0.15, 0.2) is 24.3 Å². The van der Waals surface area contributed by atoms with Gasteiger partial charge < -0.3 is 11.1 Å². The summed E-state index contributed by atoms with van der Waals surface area (Å²) in [5, 5.41) is 2.69. The van der Waals surface area contributed by atoms with E-state index in [-0.39, 0.29) is 5.91 Å². The zero-order chi connectivity index (χ0) is 11.1. The Morgan fingerprint density at radius 1 is 1.40 bits per heavy atom. The number of nitrogens with one attached hydrogen (secondary N) is 1. The Hall–Kier alpha value is -1.79. The van der Waals surface area contributed by atoms with Crippen LogP contribution in [0.2, 0.25) is 0 Å². The summed E-state index contributed by atoms with van der Waals surface area (Å²) in [5.74, 6) is 5.37. The van der Waals surface area contributed by atoms with Gasteiger partial charge in [0.05, 0.1) is 6.54 Å². The zero-order valence-corrected chi connectivity index (χ0v) is 8.71. The Balaban J connectivity index is 2.60. The van der Waals surface area contributed by atoms with E-state index in [2.05, 4.69) is 17.2 Å². The quantitative estimate of drug-likeness (QED) is 0.715. The molecule has 0 atom stereocenters. The van der Waals surface area contributed by atoms with Crippen molar-refractivity contribution in [1.29, 1.82) is 0 Å². The van der Waals surface area contributed by atoms with Crippen molar-refractivity contribution in [2.75, 3.05) is 6.54 Å². The first-order valence-corrected chi connectivity index (χ1v) is 4.74. The van der Waals surface area contributed by atoms with Gasteiger partial charge in [-0.15, -0.1) is 5.92 Å². The second-order valence-electron chi connectivity index (χ2n) is 3.01. The molecule has 3 heteroatoms. The van der Waals surface area contributed by atoms with E-state index < -0.39 is 0 Å². The molecule has 0 aliphatic heterocycles. The lowest BCUT2D eigenvalue weighted by Crippen LogP contribution is -2.23. The number of amides is 1. The maximum Gasteiger partial charge on any atom is 0.252 e. The third-order valence-electron chi connectivity index (χ3n) is 1.97. The van der Waals surface area contributed by atoms with E-state index >= 15 is 0 Å². The van der Waals surface area contributed by atoms with Gasteiger partial charge in [-0.1, -0.05) is 18.1 Å². The van der Waals surface area contributed by atoms with Crippen LogP contribution in [0.5, 0.6) is 0 Å². The van der Waals surface area contributed by atoms with E-state index in [4.69, 9.17) is 5.73 Å². The molecule has 0 aromatic heterocycles. The minimum Gasteiger partial charge on any atom is -0.341 e. The first kappa shape index (κ1) is 11.3. The molecule has 0 fully saturated rings. The Kier molecular flexibility index (Phi) is 4.39. The van der Waals surface area contributed by atoms with Gasteiger partial charge in [-0.2, -0.15) is 0 Å². The molecule has 0 spiro atoms. The number of carbonyl (C=O) groups is 1. The van der Waals surface area contributed by atoms with Gasteiger partial charge in [-0.25, -0.2) is 0 Å². The van der Waals surface area contributed by atoms with E-state index in [1.165, 1.54) is 0 Å². The first-order chi connectivity index (χ1) is 7.27. The Morgan fingerprint density at radius 2 is 2.07 bits per heavy atom. The van der Waals surface area contributed by atoms with Crippen molar-refractivity contribution in [3.8, 4) is 11.8 Å². The van der Waals surface area contributed by atoms with E-state index in [0.29, 0.717) is 18.7 Å². The Morgan fingerprint density at radius 3 is 2.60 bits per heavy atom. The molecule has 15 heavy (non-hydrogen) atoms. The molecule has 0 heterocycles. The SMILES string of the molecule is CC#CCNC(=O)c1ccc(CN)cc1. The molecule has 1 rings (SSSR count). The van der Waals surface area contributed by atoms with E-state index in [9.17, 15) is 4.79 Å². The summed E-state index contributed by atoms with van der Waals surface area (Å²) in [4.78, 5) is 11.5. The zero-order valence-electron chi connectivity index (χ0n) is 8.71. The predicted molar refractivity (Wildman–Crippen MR) is 60.1 cm³/mol. The van der Waals surface area contributed by atoms with Gasteiger partial charge in [0.25, 0.3) is 5.91 Å². The van der Waals surface area contributed by atoms with Gasteiger partial charge in [0.15, 0.2) is 0 Å². The van der Waals surface area contributed by atoms with E-state index in [1.54, 1.807) is 19.1 Å². The van der Waals surface area contributed by atoms with Gasteiger partial charge in [-0.3, -0.25) is 4.79 Å². The number of hydrogen-bond acceptors (Lipinski definition) is 2. The van der Waals surface area contributed by atoms with Crippen LogP contribution in [0.4, 0.5) is 0 Å². The molecule has 0 saturated carbocycles. The highest BCUT2D eigenvalue weighted by Crippen LogP contribution is 2.03. The number of carbonyl (C=O) groups excluding carboxylic acids is 1. The first-order valence-electron chi connectivity index (χ1n) is 4.74. The summed E-state index contributed by atoms with van der Waals surface area (Å²) in [6.07, 6.45) is 0. The van der Waals surface area contributed by atoms with Crippen molar-refractivity contribution in [2.24, 2.45) is 5.73 Å². The second kappa shape index (κ2) is 5.84. The van der Waals surface area contributed by atoms with Crippen molar-refractivity contribution in [2.45, 2.75) is 13.5 Å². The molecule has 3 nitrogen and oxygen atoms in total. The summed E-state index contributed by atoms with van der Waals surface area (Å²) in [5.41, 5.74) is 7.10. The largest absolute Gasteiger partial charge is 0.341 e. The molecular formula is C12H14N2O. The lowest BCUT2D eigenvalue weighted by Gasteiger charge is -2.02. The fourth-order valence-corrected chi connectivity index (χ4v) is 1.11. The molecule has 1 amide bonds. The molecule has 0 unspecified atom stereocenters. The maximum absolute atomic E-state index is 11.5. The molecule has 1 aromatic rings. The lowest BCUT2D eigenvalue weighted by molar-refractivity contribution is 0.0958. The molecule has 0 aliphatic rings. The highest BCUT2D eigenvalue weighted by atomic mass is 16.1. The highest BCUT2D eigenvalue weighted by molar-refractivity contribution is 5.94. The fourth-order valence-electron chi connectivity index (χ4n) is 1.11. The minimum atomic E-state index is -0.110. The smallest absolute Gasteiger partial charge is 0.252 e. The molecule has 1 aromatic carbocycles. The van der Waals surface area contributed by atoms with Crippen LogP contribution in [0.3, 0.4) is 0 Å². The summed E-state index contributed by atoms with van der Waals surface area (Å²) < 4.78 is 0. The molecule has 0 saturated heterocycles. The molecule has 0 bridgehead atoms. The van der Waals surface area contributed by atoms with E-state index in [0.717, 1.165) is 5.56 Å². The van der Waals surface area contributed by atoms with Crippen LogP contribution in [0.25, 0.3) is 0 Å². The number of rotatable bonds is 3. The molecule has 0 radical (unpaired) electrons. The summed E-state index contributed by atoms with van der Waals surface area (Å²) in [7, 11) is 0. The van der Waals surface area contributed by atoms with Gasteiger partial charge >= 0.3 is 0 Å². The molecular weight excluding hydrogens is 188 g/mol. The van der Waals surface area contributed by atoms with Crippen molar-refractivity contribution in [3.63, 3.8) is 0 Å². The summed E-state index contributed by atoms with van der Waals surface area (Å²) in [6, 6.07) is 7.22. The number of nitrogens with two attached hydrogens (primary N) is 1. The van der Waals surface area contributed by atoms with Gasteiger partial charge in [-0.05, 0) is 24.6 Å². The van der Waals surface area contributed by atoms with Crippen molar-refractivity contribution < 1.29 is 4.79 Å². The predicted octanol–water partition coefficient (Wildman–Crippen LogP) is 0.898. The lowest BCUT2D eigenvalue weighted by atomic mass is 10.1. The number of hydrogen-bond donors (Lipinski definition) is 2. The van der Waals surface area contributed by atoms with Crippen molar-refractivity contribution in [1.82, 2.24) is 5.32 Å². The number of benzene rings is 1. The summed E-state index contributed by atoms with van der Waals surface area (Å²) >= 11 is 0. The average Bonchev–Trinajstić information content (AvgIpc) is 2.29. The van der Waals surface area contributed by atoms with Crippen molar-refractivity contribution in [3.05, 3.63) is 35.4 Å². The third-order valence-corrected chi connectivity index (χ3v) is 1.97. The molecule has 0 aliphatic carbocycles. The third kappa shape index (κ3) is 3.45. The van der Waals surface area contributed by atoms with Crippen LogP contribution in [-0.4, -0.2) is 12.5 Å². The molecule has 3 N–H and O–H groups in total. The van der Waals surface area contributed by atoms with Crippen LogP contribution in [-0.2, 0) is 6.54 Å². The van der Waals surface area contributed by atoms with Crippen LogP contribution in [0, 0.1) is 11.8 Å².